The second kappa shape index (κ2) is 8.48. The zero-order valence-corrected chi connectivity index (χ0v) is 15.9. The number of carbonyl (C=O) groups is 3. The van der Waals surface area contributed by atoms with Gasteiger partial charge in [-0.15, -0.1) is 0 Å². The normalized spacial score (nSPS) is 11.7. The Bertz CT molecular complexity index is 866. The second-order valence-corrected chi connectivity index (χ2v) is 6.43. The number of hydrogen-bond donors (Lipinski definition) is 2. The summed E-state index contributed by atoms with van der Waals surface area (Å²) in [6.45, 7) is 3.02. The van der Waals surface area contributed by atoms with Crippen LogP contribution >= 0.6 is 0 Å². The van der Waals surface area contributed by atoms with E-state index in [0.717, 1.165) is 11.1 Å². The molecule has 8 heteroatoms. The van der Waals surface area contributed by atoms with Gasteiger partial charge in [0, 0.05) is 45.2 Å². The van der Waals surface area contributed by atoms with Gasteiger partial charge in [-0.2, -0.15) is 0 Å². The molecule has 0 saturated heterocycles. The predicted molar refractivity (Wildman–Crippen MR) is 103 cm³/mol. The predicted octanol–water partition coefficient (Wildman–Crippen LogP) is 1.35. The lowest BCUT2D eigenvalue weighted by molar-refractivity contribution is -0.141. The number of aromatic nitrogens is 1. The van der Waals surface area contributed by atoms with Gasteiger partial charge in [0.15, 0.2) is 0 Å². The molecule has 27 heavy (non-hydrogen) atoms. The Hall–Kier alpha value is -3.16. The lowest BCUT2D eigenvalue weighted by Gasteiger charge is -2.27. The number of pyridine rings is 1. The maximum Gasteiger partial charge on any atom is 0.326 e. The molecule has 1 aromatic carbocycles. The van der Waals surface area contributed by atoms with Crippen LogP contribution in [0.4, 0.5) is 5.69 Å². The van der Waals surface area contributed by atoms with E-state index in [2.05, 4.69) is 10.3 Å². The number of anilines is 1. The molecule has 2 rings (SSSR count). The van der Waals surface area contributed by atoms with E-state index in [1.807, 2.05) is 37.2 Å². The fraction of sp³-hybridized carbons (Fsp3) is 0.368. The van der Waals surface area contributed by atoms with Crippen molar-refractivity contribution in [3.05, 3.63) is 36.0 Å². The Kier molecular flexibility index (Phi) is 6.33. The van der Waals surface area contributed by atoms with E-state index in [-0.39, 0.29) is 24.7 Å². The van der Waals surface area contributed by atoms with Crippen LogP contribution in [0, 0.1) is 0 Å². The van der Waals surface area contributed by atoms with Crippen LogP contribution in [0.15, 0.2) is 30.3 Å². The number of nitrogens with one attached hydrogen (secondary N) is 1. The number of fused-ring (bicyclic) bond motifs is 1. The Balaban J connectivity index is 2.44. The van der Waals surface area contributed by atoms with Crippen molar-refractivity contribution in [3.8, 4) is 0 Å². The maximum atomic E-state index is 13.1. The molecule has 2 aromatic rings. The summed E-state index contributed by atoms with van der Waals surface area (Å²) in [5, 5.41) is 12.8. The molecule has 0 fully saturated rings. The largest absolute Gasteiger partial charge is 0.480 e. The molecule has 0 spiro atoms. The van der Waals surface area contributed by atoms with Crippen molar-refractivity contribution in [2.45, 2.75) is 19.9 Å². The molecule has 0 radical (unpaired) electrons. The highest BCUT2D eigenvalue weighted by molar-refractivity contribution is 6.01. The number of carbonyl (C=O) groups excluding carboxylic acids is 2. The first-order chi connectivity index (χ1) is 12.7. The van der Waals surface area contributed by atoms with Crippen molar-refractivity contribution in [2.24, 2.45) is 0 Å². The SMILES string of the molecule is CC(=O)NCCN(C(=O)c1cc(N(C)C)c2ccccc2n1)C(C)C(=O)O. The molecule has 2 N–H and O–H groups in total. The summed E-state index contributed by atoms with van der Waals surface area (Å²) in [6, 6.07) is 8.05. The zero-order valence-electron chi connectivity index (χ0n) is 15.9. The average Bonchev–Trinajstić information content (AvgIpc) is 2.62. The van der Waals surface area contributed by atoms with Gasteiger partial charge in [-0.05, 0) is 19.1 Å². The monoisotopic (exact) mass is 372 g/mol. The standard InChI is InChI=1S/C19H24N4O4/c1-12(19(26)27)23(10-9-20-13(2)24)18(25)16-11-17(22(3)4)14-7-5-6-8-15(14)21-16/h5-8,11-12H,9-10H2,1-4H3,(H,20,24)(H,26,27). The summed E-state index contributed by atoms with van der Waals surface area (Å²) >= 11 is 0. The topological polar surface area (TPSA) is 103 Å². The van der Waals surface area contributed by atoms with Gasteiger partial charge in [0.1, 0.15) is 11.7 Å². The molecule has 1 atom stereocenters. The molecule has 0 bridgehead atoms. The lowest BCUT2D eigenvalue weighted by Crippen LogP contribution is -2.47. The number of hydrogen-bond acceptors (Lipinski definition) is 5. The summed E-state index contributed by atoms with van der Waals surface area (Å²) in [7, 11) is 3.73. The number of para-hydroxylation sites is 1. The molecule has 1 heterocycles. The molecule has 1 unspecified atom stereocenters. The van der Waals surface area contributed by atoms with Crippen LogP contribution < -0.4 is 10.2 Å². The maximum absolute atomic E-state index is 13.1. The third kappa shape index (κ3) is 4.72. The molecule has 0 aliphatic carbocycles. The van der Waals surface area contributed by atoms with Gasteiger partial charge >= 0.3 is 5.97 Å². The van der Waals surface area contributed by atoms with Crippen molar-refractivity contribution in [2.75, 3.05) is 32.1 Å². The number of benzene rings is 1. The average molecular weight is 372 g/mol. The number of aliphatic carboxylic acids is 1. The van der Waals surface area contributed by atoms with Gasteiger partial charge in [0.2, 0.25) is 5.91 Å². The van der Waals surface area contributed by atoms with Crippen LogP contribution in [-0.2, 0) is 9.59 Å². The van der Waals surface area contributed by atoms with Crippen LogP contribution in [0.5, 0.6) is 0 Å². The van der Waals surface area contributed by atoms with E-state index in [9.17, 15) is 19.5 Å². The van der Waals surface area contributed by atoms with Crippen LogP contribution in [0.25, 0.3) is 10.9 Å². The fourth-order valence-corrected chi connectivity index (χ4v) is 2.74. The van der Waals surface area contributed by atoms with Gasteiger partial charge in [0.25, 0.3) is 5.91 Å². The minimum Gasteiger partial charge on any atom is -0.480 e. The molecule has 144 valence electrons. The van der Waals surface area contributed by atoms with Gasteiger partial charge in [-0.3, -0.25) is 9.59 Å². The minimum atomic E-state index is -1.13. The van der Waals surface area contributed by atoms with Gasteiger partial charge in [-0.25, -0.2) is 9.78 Å². The molecule has 0 aliphatic rings. The van der Waals surface area contributed by atoms with E-state index in [1.54, 1.807) is 12.1 Å². The smallest absolute Gasteiger partial charge is 0.326 e. The van der Waals surface area contributed by atoms with Crippen LogP contribution in [0.1, 0.15) is 24.3 Å². The third-order valence-electron chi connectivity index (χ3n) is 4.21. The molecule has 0 saturated carbocycles. The highest BCUT2D eigenvalue weighted by atomic mass is 16.4. The highest BCUT2D eigenvalue weighted by Crippen LogP contribution is 2.26. The fourth-order valence-electron chi connectivity index (χ4n) is 2.74. The van der Waals surface area contributed by atoms with Crippen molar-refractivity contribution >= 4 is 34.4 Å². The van der Waals surface area contributed by atoms with Crippen LogP contribution in [0.2, 0.25) is 0 Å². The molecule has 2 amide bonds. The van der Waals surface area contributed by atoms with E-state index in [0.29, 0.717) is 5.52 Å². The highest BCUT2D eigenvalue weighted by Gasteiger charge is 2.28. The van der Waals surface area contributed by atoms with E-state index < -0.39 is 17.9 Å². The minimum absolute atomic E-state index is 0.0671. The molecular weight excluding hydrogens is 348 g/mol. The van der Waals surface area contributed by atoms with Crippen molar-refractivity contribution in [3.63, 3.8) is 0 Å². The molecule has 0 aliphatic heterocycles. The molecule has 8 nitrogen and oxygen atoms in total. The summed E-state index contributed by atoms with van der Waals surface area (Å²) in [4.78, 5) is 43.1. The zero-order chi connectivity index (χ0) is 20.1. The second-order valence-electron chi connectivity index (χ2n) is 6.43. The van der Waals surface area contributed by atoms with Crippen LogP contribution in [-0.4, -0.2) is 66.0 Å². The molecule has 1 aromatic heterocycles. The van der Waals surface area contributed by atoms with Gasteiger partial charge in [0.05, 0.1) is 5.52 Å². The Morgan fingerprint density at radius 3 is 2.48 bits per heavy atom. The Labute approximate surface area is 157 Å². The first-order valence-electron chi connectivity index (χ1n) is 8.57. The van der Waals surface area contributed by atoms with Crippen LogP contribution in [0.3, 0.4) is 0 Å². The Morgan fingerprint density at radius 1 is 1.22 bits per heavy atom. The quantitative estimate of drug-likeness (QED) is 0.761. The summed E-state index contributed by atoms with van der Waals surface area (Å²) in [6.07, 6.45) is 0. The van der Waals surface area contributed by atoms with E-state index in [1.165, 1.54) is 18.7 Å². The Morgan fingerprint density at radius 2 is 1.89 bits per heavy atom. The number of carboxylic acids is 1. The summed E-state index contributed by atoms with van der Waals surface area (Å²) < 4.78 is 0. The summed E-state index contributed by atoms with van der Waals surface area (Å²) in [5.74, 6) is -1.87. The summed E-state index contributed by atoms with van der Waals surface area (Å²) in [5.41, 5.74) is 1.62. The van der Waals surface area contributed by atoms with Gasteiger partial charge < -0.3 is 20.2 Å². The lowest BCUT2D eigenvalue weighted by atomic mass is 10.1. The van der Waals surface area contributed by atoms with Gasteiger partial charge in [-0.1, -0.05) is 18.2 Å². The van der Waals surface area contributed by atoms with Crippen molar-refractivity contribution in [1.29, 1.82) is 0 Å². The van der Waals surface area contributed by atoms with E-state index in [4.69, 9.17) is 0 Å². The van der Waals surface area contributed by atoms with Crippen molar-refractivity contribution < 1.29 is 19.5 Å². The first-order valence-corrected chi connectivity index (χ1v) is 8.57. The number of carboxylic acid groups (broad SMARTS) is 1. The number of amides is 2. The third-order valence-corrected chi connectivity index (χ3v) is 4.21. The molecular formula is C19H24N4O4. The number of rotatable bonds is 7. The van der Waals surface area contributed by atoms with E-state index >= 15 is 0 Å². The first kappa shape index (κ1) is 20.2. The number of nitrogens with zero attached hydrogens (tertiary/aromatic N) is 3. The van der Waals surface area contributed by atoms with Crippen molar-refractivity contribution in [1.82, 2.24) is 15.2 Å².